The van der Waals surface area contributed by atoms with Crippen LogP contribution in [0.25, 0.3) is 22.2 Å². The maximum Gasteiger partial charge on any atom is 0.275 e. The molecule has 0 unspecified atom stereocenters. The van der Waals surface area contributed by atoms with Crippen molar-refractivity contribution in [2.75, 3.05) is 0 Å². The summed E-state index contributed by atoms with van der Waals surface area (Å²) >= 11 is 0. The van der Waals surface area contributed by atoms with E-state index >= 15 is 0 Å². The van der Waals surface area contributed by atoms with Crippen molar-refractivity contribution in [3.8, 4) is 11.3 Å². The number of halogens is 3. The number of fused-ring (bicyclic) bond motifs is 5. The van der Waals surface area contributed by atoms with Gasteiger partial charge in [-0.2, -0.15) is 5.10 Å². The van der Waals surface area contributed by atoms with Crippen molar-refractivity contribution in [1.82, 2.24) is 24.9 Å². The lowest BCUT2D eigenvalue weighted by molar-refractivity contribution is 0.0385. The van der Waals surface area contributed by atoms with E-state index in [1.54, 1.807) is 17.8 Å². The highest BCUT2D eigenvalue weighted by molar-refractivity contribution is 5.96. The molecule has 172 valence electrons. The third-order valence-corrected chi connectivity index (χ3v) is 6.88. The standard InChI is InChI=1S/C25H20F3N5O/c1-32-24(14-9-17(26)22(28)18(27)10-14)16-12-15-6-4-8-21(23(16)31-32)33(15)25(34)20-11-13-5-2-3-7-19(13)29-30-20/h2-3,5,7,9-11,15,21H,4,6,8,12H2,1H3/t15-,21+/m0/s1. The molecule has 0 aliphatic carbocycles. The normalized spacial score (nSPS) is 19.4. The zero-order valence-corrected chi connectivity index (χ0v) is 18.3. The monoisotopic (exact) mass is 463 g/mol. The lowest BCUT2D eigenvalue weighted by Crippen LogP contribution is -2.50. The Morgan fingerprint density at radius 2 is 1.79 bits per heavy atom. The summed E-state index contributed by atoms with van der Waals surface area (Å²) in [5.74, 6) is -4.19. The molecule has 1 amide bonds. The van der Waals surface area contributed by atoms with Gasteiger partial charge in [0.05, 0.1) is 22.9 Å². The van der Waals surface area contributed by atoms with Gasteiger partial charge in [-0.05, 0) is 49.9 Å². The fourth-order valence-electron chi connectivity index (χ4n) is 5.42. The molecule has 0 saturated carbocycles. The second kappa shape index (κ2) is 7.65. The highest BCUT2D eigenvalue weighted by Gasteiger charge is 2.44. The van der Waals surface area contributed by atoms with Gasteiger partial charge in [0, 0.05) is 29.6 Å². The van der Waals surface area contributed by atoms with Crippen molar-refractivity contribution in [2.45, 2.75) is 37.8 Å². The Hall–Kier alpha value is -3.75. The fourth-order valence-corrected chi connectivity index (χ4v) is 5.42. The molecule has 4 heterocycles. The van der Waals surface area contributed by atoms with Crippen molar-refractivity contribution < 1.29 is 18.0 Å². The van der Waals surface area contributed by atoms with Gasteiger partial charge in [0.2, 0.25) is 0 Å². The number of hydrogen-bond acceptors (Lipinski definition) is 4. The number of aryl methyl sites for hydroxylation is 1. The molecule has 2 atom stereocenters. The number of carbonyl (C=O) groups excluding carboxylic acids is 1. The van der Waals surface area contributed by atoms with E-state index in [1.165, 1.54) is 0 Å². The van der Waals surface area contributed by atoms with Gasteiger partial charge in [0.25, 0.3) is 5.91 Å². The molecule has 6 nitrogen and oxygen atoms in total. The predicted octanol–water partition coefficient (Wildman–Crippen LogP) is 4.74. The summed E-state index contributed by atoms with van der Waals surface area (Å²) in [5, 5.41) is 13.9. The maximum absolute atomic E-state index is 14.0. The summed E-state index contributed by atoms with van der Waals surface area (Å²) in [6, 6.07) is 10.8. The van der Waals surface area contributed by atoms with E-state index in [-0.39, 0.29) is 29.2 Å². The molecule has 1 fully saturated rings. The second-order valence-corrected chi connectivity index (χ2v) is 8.90. The first-order chi connectivity index (χ1) is 16.4. The predicted molar refractivity (Wildman–Crippen MR) is 118 cm³/mol. The molecule has 2 aromatic heterocycles. The Kier molecular flexibility index (Phi) is 4.68. The van der Waals surface area contributed by atoms with Crippen molar-refractivity contribution in [1.29, 1.82) is 0 Å². The largest absolute Gasteiger partial charge is 0.325 e. The van der Waals surface area contributed by atoms with Crippen molar-refractivity contribution in [3.05, 3.63) is 76.9 Å². The summed E-state index contributed by atoms with van der Waals surface area (Å²) in [7, 11) is 1.69. The summed E-state index contributed by atoms with van der Waals surface area (Å²) in [6.07, 6.45) is 2.94. The van der Waals surface area contributed by atoms with Crippen LogP contribution < -0.4 is 0 Å². The topological polar surface area (TPSA) is 63.9 Å². The Bertz CT molecular complexity index is 1440. The number of rotatable bonds is 2. The molecular formula is C25H20F3N5O. The highest BCUT2D eigenvalue weighted by Crippen LogP contribution is 2.45. The van der Waals surface area contributed by atoms with Crippen LogP contribution in [0.1, 0.15) is 47.1 Å². The van der Waals surface area contributed by atoms with E-state index in [0.29, 0.717) is 23.3 Å². The molecule has 0 N–H and O–H groups in total. The van der Waals surface area contributed by atoms with Crippen molar-refractivity contribution >= 4 is 16.8 Å². The maximum atomic E-state index is 14.0. The smallest absolute Gasteiger partial charge is 0.275 e. The minimum Gasteiger partial charge on any atom is -0.325 e. The number of piperidine rings is 1. The third-order valence-electron chi connectivity index (χ3n) is 6.88. The number of benzene rings is 2. The highest BCUT2D eigenvalue weighted by atomic mass is 19.2. The van der Waals surface area contributed by atoms with Crippen molar-refractivity contribution in [3.63, 3.8) is 0 Å². The van der Waals surface area contributed by atoms with E-state index in [0.717, 1.165) is 42.3 Å². The van der Waals surface area contributed by atoms with Crippen LogP contribution in [0.3, 0.4) is 0 Å². The van der Waals surface area contributed by atoms with Gasteiger partial charge in [0.15, 0.2) is 23.1 Å². The van der Waals surface area contributed by atoms with Gasteiger partial charge in [0.1, 0.15) is 0 Å². The SMILES string of the molecule is Cn1nc2c(c1-c1cc(F)c(F)c(F)c1)C[C@@H]1CCC[C@H]2N1C(=O)c1cc2ccccc2nn1. The molecule has 6 rings (SSSR count). The number of carbonyl (C=O) groups is 1. The molecular weight excluding hydrogens is 443 g/mol. The first kappa shape index (κ1) is 20.8. The number of aromatic nitrogens is 4. The number of nitrogens with zero attached hydrogens (tertiary/aromatic N) is 5. The summed E-state index contributed by atoms with van der Waals surface area (Å²) < 4.78 is 43.1. The van der Waals surface area contributed by atoms with E-state index in [2.05, 4.69) is 15.3 Å². The minimum absolute atomic E-state index is 0.106. The average molecular weight is 463 g/mol. The summed E-state index contributed by atoms with van der Waals surface area (Å²) in [5.41, 5.74) is 3.32. The van der Waals surface area contributed by atoms with Crippen LogP contribution in [0, 0.1) is 17.5 Å². The molecule has 0 radical (unpaired) electrons. The fraction of sp³-hybridized carbons (Fsp3) is 0.280. The van der Waals surface area contributed by atoms with Crippen LogP contribution in [0.5, 0.6) is 0 Å². The minimum atomic E-state index is -1.50. The zero-order chi connectivity index (χ0) is 23.6. The lowest BCUT2D eigenvalue weighted by atomic mass is 9.81. The molecule has 1 saturated heterocycles. The van der Waals surface area contributed by atoms with Crippen LogP contribution in [-0.2, 0) is 13.5 Å². The van der Waals surface area contributed by atoms with Crippen LogP contribution in [0.4, 0.5) is 13.2 Å². The van der Waals surface area contributed by atoms with Crippen LogP contribution in [0.15, 0.2) is 42.5 Å². The van der Waals surface area contributed by atoms with E-state index in [9.17, 15) is 18.0 Å². The van der Waals surface area contributed by atoms with Gasteiger partial charge in [-0.15, -0.1) is 10.2 Å². The van der Waals surface area contributed by atoms with Crippen LogP contribution in [-0.4, -0.2) is 36.8 Å². The molecule has 9 heteroatoms. The van der Waals surface area contributed by atoms with Crippen molar-refractivity contribution in [2.24, 2.45) is 7.05 Å². The first-order valence-electron chi connectivity index (χ1n) is 11.2. The Balaban J connectivity index is 1.42. The quantitative estimate of drug-likeness (QED) is 0.403. The van der Waals surface area contributed by atoms with Gasteiger partial charge >= 0.3 is 0 Å². The Labute approximate surface area is 193 Å². The Morgan fingerprint density at radius 3 is 2.59 bits per heavy atom. The van der Waals surface area contributed by atoms with Gasteiger partial charge in [-0.1, -0.05) is 18.2 Å². The molecule has 2 aliphatic heterocycles. The lowest BCUT2D eigenvalue weighted by Gasteiger charge is -2.45. The van der Waals surface area contributed by atoms with E-state index < -0.39 is 17.5 Å². The molecule has 2 bridgehead atoms. The van der Waals surface area contributed by atoms with Gasteiger partial charge in [-0.3, -0.25) is 9.48 Å². The van der Waals surface area contributed by atoms with Crippen LogP contribution in [0.2, 0.25) is 0 Å². The first-order valence-corrected chi connectivity index (χ1v) is 11.2. The summed E-state index contributed by atoms with van der Waals surface area (Å²) in [4.78, 5) is 15.4. The van der Waals surface area contributed by atoms with Gasteiger partial charge in [-0.25, -0.2) is 13.2 Å². The number of amides is 1. The molecule has 2 aromatic carbocycles. The Morgan fingerprint density at radius 1 is 1.03 bits per heavy atom. The molecule has 0 spiro atoms. The van der Waals surface area contributed by atoms with Crippen LogP contribution >= 0.6 is 0 Å². The van der Waals surface area contributed by atoms with E-state index in [4.69, 9.17) is 0 Å². The zero-order valence-electron chi connectivity index (χ0n) is 18.3. The second-order valence-electron chi connectivity index (χ2n) is 8.90. The molecule has 4 aromatic rings. The molecule has 2 aliphatic rings. The third kappa shape index (κ3) is 3.10. The van der Waals surface area contributed by atoms with Gasteiger partial charge < -0.3 is 4.90 Å². The van der Waals surface area contributed by atoms with E-state index in [1.807, 2.05) is 29.2 Å². The summed E-state index contributed by atoms with van der Waals surface area (Å²) in [6.45, 7) is 0. The molecule has 34 heavy (non-hydrogen) atoms. The average Bonchev–Trinajstić information content (AvgIpc) is 3.16. The number of hydrogen-bond donors (Lipinski definition) is 0.